The second kappa shape index (κ2) is 7.29. The minimum absolute atomic E-state index is 0.0650. The third kappa shape index (κ3) is 3.40. The smallest absolute Gasteiger partial charge is 0.165 e. The largest absolute Gasteiger partial charge is 0.490 e. The average Bonchev–Trinajstić information content (AvgIpc) is 2.81. The molecule has 0 bridgehead atoms. The van der Waals surface area contributed by atoms with E-state index in [4.69, 9.17) is 9.47 Å². The summed E-state index contributed by atoms with van der Waals surface area (Å²) < 4.78 is 11.5. The van der Waals surface area contributed by atoms with Crippen LogP contribution < -0.4 is 14.8 Å². The summed E-state index contributed by atoms with van der Waals surface area (Å²) in [6.45, 7) is 2.87. The van der Waals surface area contributed by atoms with Crippen LogP contribution in [0.2, 0.25) is 0 Å². The molecule has 1 aliphatic heterocycles. The van der Waals surface area contributed by atoms with Gasteiger partial charge in [0.1, 0.15) is 0 Å². The molecular formula is C18H21NO3. The van der Waals surface area contributed by atoms with Crippen LogP contribution in [0.1, 0.15) is 23.1 Å². The van der Waals surface area contributed by atoms with Crippen molar-refractivity contribution in [1.29, 1.82) is 0 Å². The lowest BCUT2D eigenvalue weighted by Gasteiger charge is -2.14. The number of benzene rings is 2. The lowest BCUT2D eigenvalue weighted by atomic mass is 10.1. The van der Waals surface area contributed by atoms with Gasteiger partial charge in [-0.15, -0.1) is 0 Å². The zero-order valence-corrected chi connectivity index (χ0v) is 12.5. The monoisotopic (exact) mass is 299 g/mol. The minimum atomic E-state index is 0.0650. The molecule has 0 spiro atoms. The molecule has 0 amide bonds. The number of aliphatic hydroxyl groups excluding tert-OH is 1. The van der Waals surface area contributed by atoms with Gasteiger partial charge in [0.2, 0.25) is 0 Å². The number of para-hydroxylation sites is 1. The highest BCUT2D eigenvalue weighted by atomic mass is 16.5. The standard InChI is InChI=1S/C18H21NO3/c20-13-16-6-2-1-5-14(16)11-19-12-15-7-3-8-17-18(15)22-10-4-9-21-17/h1-3,5-8,19-20H,4,9-13H2. The molecule has 2 N–H and O–H groups in total. The molecule has 116 valence electrons. The number of aliphatic hydroxyl groups is 1. The Hall–Kier alpha value is -2.04. The third-order valence-corrected chi connectivity index (χ3v) is 3.77. The molecule has 0 aromatic heterocycles. The number of ether oxygens (including phenoxy) is 2. The lowest BCUT2D eigenvalue weighted by molar-refractivity contribution is 0.280. The predicted octanol–water partition coefficient (Wildman–Crippen LogP) is 2.63. The summed E-state index contributed by atoms with van der Waals surface area (Å²) in [4.78, 5) is 0. The van der Waals surface area contributed by atoms with E-state index in [1.807, 2.05) is 36.4 Å². The molecule has 0 saturated heterocycles. The molecule has 1 heterocycles. The third-order valence-electron chi connectivity index (χ3n) is 3.77. The van der Waals surface area contributed by atoms with Gasteiger partial charge in [-0.2, -0.15) is 0 Å². The van der Waals surface area contributed by atoms with Crippen molar-refractivity contribution in [2.45, 2.75) is 26.1 Å². The second-order valence-corrected chi connectivity index (χ2v) is 5.33. The van der Waals surface area contributed by atoms with Crippen LogP contribution in [-0.2, 0) is 19.7 Å². The van der Waals surface area contributed by atoms with Crippen molar-refractivity contribution in [3.8, 4) is 11.5 Å². The molecule has 1 aliphatic rings. The number of hydrogen-bond acceptors (Lipinski definition) is 4. The molecule has 4 nitrogen and oxygen atoms in total. The van der Waals surface area contributed by atoms with Crippen molar-refractivity contribution in [2.75, 3.05) is 13.2 Å². The average molecular weight is 299 g/mol. The Balaban J connectivity index is 1.67. The Kier molecular flexibility index (Phi) is 4.93. The van der Waals surface area contributed by atoms with Crippen molar-refractivity contribution in [2.24, 2.45) is 0 Å². The molecule has 0 atom stereocenters. The summed E-state index contributed by atoms with van der Waals surface area (Å²) in [6, 6.07) is 13.9. The van der Waals surface area contributed by atoms with E-state index < -0.39 is 0 Å². The number of nitrogens with one attached hydrogen (secondary N) is 1. The quantitative estimate of drug-likeness (QED) is 0.891. The van der Waals surface area contributed by atoms with E-state index >= 15 is 0 Å². The Morgan fingerprint density at radius 2 is 1.59 bits per heavy atom. The zero-order chi connectivity index (χ0) is 15.2. The molecular weight excluding hydrogens is 278 g/mol. The highest BCUT2D eigenvalue weighted by Gasteiger charge is 2.14. The fraction of sp³-hybridized carbons (Fsp3) is 0.333. The number of rotatable bonds is 5. The SMILES string of the molecule is OCc1ccccc1CNCc1cccc2c1OCCCO2. The second-order valence-electron chi connectivity index (χ2n) is 5.33. The highest BCUT2D eigenvalue weighted by Crippen LogP contribution is 2.33. The zero-order valence-electron chi connectivity index (χ0n) is 12.5. The molecule has 0 aliphatic carbocycles. The summed E-state index contributed by atoms with van der Waals surface area (Å²) >= 11 is 0. The molecule has 0 saturated carbocycles. The molecule has 0 fully saturated rings. The molecule has 0 radical (unpaired) electrons. The van der Waals surface area contributed by atoms with Gasteiger partial charge in [-0.1, -0.05) is 36.4 Å². The topological polar surface area (TPSA) is 50.7 Å². The van der Waals surface area contributed by atoms with E-state index in [1.54, 1.807) is 0 Å². The molecule has 2 aromatic rings. The van der Waals surface area contributed by atoms with Gasteiger partial charge in [0, 0.05) is 25.1 Å². The van der Waals surface area contributed by atoms with Gasteiger partial charge >= 0.3 is 0 Å². The predicted molar refractivity (Wildman–Crippen MR) is 85.0 cm³/mol. The van der Waals surface area contributed by atoms with E-state index in [9.17, 15) is 5.11 Å². The number of fused-ring (bicyclic) bond motifs is 1. The van der Waals surface area contributed by atoms with Crippen LogP contribution in [0, 0.1) is 0 Å². The first-order chi connectivity index (χ1) is 10.9. The number of hydrogen-bond donors (Lipinski definition) is 2. The maximum absolute atomic E-state index is 9.36. The first-order valence-corrected chi connectivity index (χ1v) is 7.64. The van der Waals surface area contributed by atoms with E-state index in [2.05, 4.69) is 11.4 Å². The Morgan fingerprint density at radius 3 is 2.45 bits per heavy atom. The van der Waals surface area contributed by atoms with Crippen LogP contribution in [0.3, 0.4) is 0 Å². The summed E-state index contributed by atoms with van der Waals surface area (Å²) in [7, 11) is 0. The van der Waals surface area contributed by atoms with Crippen LogP contribution in [0.15, 0.2) is 42.5 Å². The molecule has 0 unspecified atom stereocenters. The van der Waals surface area contributed by atoms with Gasteiger partial charge in [-0.3, -0.25) is 0 Å². The lowest BCUT2D eigenvalue weighted by Crippen LogP contribution is -2.15. The summed E-state index contributed by atoms with van der Waals surface area (Å²) in [6.07, 6.45) is 0.908. The van der Waals surface area contributed by atoms with Crippen LogP contribution in [0.5, 0.6) is 11.5 Å². The van der Waals surface area contributed by atoms with Crippen molar-refractivity contribution in [1.82, 2.24) is 5.32 Å². The summed E-state index contributed by atoms with van der Waals surface area (Å²) in [5.74, 6) is 1.68. The first kappa shape index (κ1) is 14.9. The molecule has 4 heteroatoms. The Bertz CT molecular complexity index is 627. The fourth-order valence-corrected chi connectivity index (χ4v) is 2.61. The Labute approximate surface area is 130 Å². The highest BCUT2D eigenvalue weighted by molar-refractivity contribution is 5.47. The van der Waals surface area contributed by atoms with Gasteiger partial charge in [0.05, 0.1) is 19.8 Å². The maximum Gasteiger partial charge on any atom is 0.165 e. The van der Waals surface area contributed by atoms with Gasteiger partial charge in [-0.25, -0.2) is 0 Å². The van der Waals surface area contributed by atoms with E-state index in [0.29, 0.717) is 26.3 Å². The van der Waals surface area contributed by atoms with Gasteiger partial charge in [0.25, 0.3) is 0 Å². The fourth-order valence-electron chi connectivity index (χ4n) is 2.61. The normalized spacial score (nSPS) is 13.7. The summed E-state index contributed by atoms with van der Waals surface area (Å²) in [5, 5.41) is 12.8. The minimum Gasteiger partial charge on any atom is -0.490 e. The maximum atomic E-state index is 9.36. The van der Waals surface area contributed by atoms with Crippen molar-refractivity contribution in [3.05, 3.63) is 59.2 Å². The Morgan fingerprint density at radius 1 is 0.864 bits per heavy atom. The van der Waals surface area contributed by atoms with Gasteiger partial charge in [0.15, 0.2) is 11.5 Å². The van der Waals surface area contributed by atoms with Crippen LogP contribution in [-0.4, -0.2) is 18.3 Å². The van der Waals surface area contributed by atoms with E-state index in [1.165, 1.54) is 0 Å². The van der Waals surface area contributed by atoms with Gasteiger partial charge in [-0.05, 0) is 17.2 Å². The first-order valence-electron chi connectivity index (χ1n) is 7.64. The van der Waals surface area contributed by atoms with Gasteiger partial charge < -0.3 is 19.9 Å². The van der Waals surface area contributed by atoms with Crippen molar-refractivity contribution < 1.29 is 14.6 Å². The van der Waals surface area contributed by atoms with Crippen LogP contribution in [0.4, 0.5) is 0 Å². The molecule has 22 heavy (non-hydrogen) atoms. The van der Waals surface area contributed by atoms with E-state index in [-0.39, 0.29) is 6.61 Å². The molecule has 3 rings (SSSR count). The molecule has 2 aromatic carbocycles. The van der Waals surface area contributed by atoms with Crippen LogP contribution in [0.25, 0.3) is 0 Å². The van der Waals surface area contributed by atoms with E-state index in [0.717, 1.165) is 34.6 Å². The van der Waals surface area contributed by atoms with Crippen molar-refractivity contribution in [3.63, 3.8) is 0 Å². The summed E-state index contributed by atoms with van der Waals surface area (Å²) in [5.41, 5.74) is 3.17. The van der Waals surface area contributed by atoms with Crippen LogP contribution >= 0.6 is 0 Å². The van der Waals surface area contributed by atoms with Crippen molar-refractivity contribution >= 4 is 0 Å².